The van der Waals surface area contributed by atoms with Crippen molar-refractivity contribution in [3.8, 4) is 17.1 Å². The Hall–Kier alpha value is -2.02. The maximum Gasteiger partial charge on any atom is 0.235 e. The van der Waals surface area contributed by atoms with Crippen LogP contribution in [0.3, 0.4) is 0 Å². The van der Waals surface area contributed by atoms with Gasteiger partial charge in [0.15, 0.2) is 11.0 Å². The maximum absolute atomic E-state index is 12.3. The van der Waals surface area contributed by atoms with E-state index in [4.69, 9.17) is 4.74 Å². The summed E-state index contributed by atoms with van der Waals surface area (Å²) in [6.45, 7) is 1.93. The Labute approximate surface area is 165 Å². The van der Waals surface area contributed by atoms with E-state index in [-0.39, 0.29) is 11.2 Å². The standard InChI is InChI=1S/C20H28N4O2S/c1-14(19(25)23(2)3)27-20-22-21-18(15-10-12-17(26-4)13-11-15)24(20)16-8-6-5-7-9-16/h10-14,16H,5-9H2,1-4H3. The maximum atomic E-state index is 12.3. The molecule has 3 rings (SSSR count). The third kappa shape index (κ3) is 4.46. The van der Waals surface area contributed by atoms with Crippen LogP contribution < -0.4 is 4.74 Å². The summed E-state index contributed by atoms with van der Waals surface area (Å²) in [5.41, 5.74) is 1.02. The predicted octanol–water partition coefficient (Wildman–Crippen LogP) is 4.03. The summed E-state index contributed by atoms with van der Waals surface area (Å²) in [4.78, 5) is 13.9. The van der Waals surface area contributed by atoms with Crippen molar-refractivity contribution in [3.05, 3.63) is 24.3 Å². The second-order valence-electron chi connectivity index (χ2n) is 7.19. The summed E-state index contributed by atoms with van der Waals surface area (Å²) in [5.74, 6) is 1.78. The van der Waals surface area contributed by atoms with Crippen LogP contribution in [-0.4, -0.2) is 52.0 Å². The topological polar surface area (TPSA) is 60.3 Å². The summed E-state index contributed by atoms with van der Waals surface area (Å²) in [7, 11) is 5.24. The number of carbonyl (C=O) groups excluding carboxylic acids is 1. The SMILES string of the molecule is COc1ccc(-c2nnc(SC(C)C(=O)N(C)C)n2C2CCCCC2)cc1. The molecular formula is C20H28N4O2S. The predicted molar refractivity (Wildman–Crippen MR) is 108 cm³/mol. The molecule has 0 saturated heterocycles. The lowest BCUT2D eigenvalue weighted by Crippen LogP contribution is -2.30. The van der Waals surface area contributed by atoms with Crippen molar-refractivity contribution < 1.29 is 9.53 Å². The minimum atomic E-state index is -0.199. The van der Waals surface area contributed by atoms with E-state index >= 15 is 0 Å². The fraction of sp³-hybridized carbons (Fsp3) is 0.550. The first-order valence-electron chi connectivity index (χ1n) is 9.48. The van der Waals surface area contributed by atoms with E-state index in [1.54, 1.807) is 26.1 Å². The van der Waals surface area contributed by atoms with E-state index in [2.05, 4.69) is 14.8 Å². The van der Waals surface area contributed by atoms with Crippen molar-refractivity contribution in [2.45, 2.75) is 55.5 Å². The number of rotatable bonds is 6. The van der Waals surface area contributed by atoms with Gasteiger partial charge in [-0.25, -0.2) is 0 Å². The molecule has 0 radical (unpaired) electrons. The summed E-state index contributed by atoms with van der Waals surface area (Å²) in [5, 5.41) is 9.60. The molecule has 1 saturated carbocycles. The third-order valence-electron chi connectivity index (χ3n) is 5.02. The van der Waals surface area contributed by atoms with Gasteiger partial charge in [0.05, 0.1) is 12.4 Å². The summed E-state index contributed by atoms with van der Waals surface area (Å²) < 4.78 is 7.52. The van der Waals surface area contributed by atoms with Crippen LogP contribution in [0, 0.1) is 0 Å². The molecule has 0 N–H and O–H groups in total. The Morgan fingerprint density at radius 2 is 1.85 bits per heavy atom. The molecule has 27 heavy (non-hydrogen) atoms. The lowest BCUT2D eigenvalue weighted by atomic mass is 9.95. The number of thioether (sulfide) groups is 1. The quantitative estimate of drug-likeness (QED) is 0.699. The Balaban J connectivity index is 1.95. The molecule has 2 aromatic rings. The van der Waals surface area contributed by atoms with Crippen molar-refractivity contribution >= 4 is 17.7 Å². The molecule has 1 aromatic heterocycles. The van der Waals surface area contributed by atoms with Crippen LogP contribution in [0.15, 0.2) is 29.4 Å². The van der Waals surface area contributed by atoms with E-state index in [9.17, 15) is 4.79 Å². The fourth-order valence-electron chi connectivity index (χ4n) is 3.53. The first-order chi connectivity index (χ1) is 13.0. The van der Waals surface area contributed by atoms with E-state index in [1.165, 1.54) is 31.0 Å². The van der Waals surface area contributed by atoms with Gasteiger partial charge in [-0.1, -0.05) is 31.0 Å². The lowest BCUT2D eigenvalue weighted by Gasteiger charge is -2.26. The van der Waals surface area contributed by atoms with Gasteiger partial charge in [0.2, 0.25) is 5.91 Å². The number of aromatic nitrogens is 3. The normalized spacial score (nSPS) is 16.1. The fourth-order valence-corrected chi connectivity index (χ4v) is 4.60. The number of methoxy groups -OCH3 is 1. The van der Waals surface area contributed by atoms with Crippen molar-refractivity contribution in [3.63, 3.8) is 0 Å². The highest BCUT2D eigenvalue weighted by Crippen LogP contribution is 2.37. The minimum Gasteiger partial charge on any atom is -0.497 e. The van der Waals surface area contributed by atoms with Gasteiger partial charge in [-0.3, -0.25) is 9.36 Å². The van der Waals surface area contributed by atoms with Gasteiger partial charge in [-0.2, -0.15) is 0 Å². The number of hydrogen-bond acceptors (Lipinski definition) is 5. The molecule has 0 bridgehead atoms. The first kappa shape index (κ1) is 19.7. The summed E-state index contributed by atoms with van der Waals surface area (Å²) >= 11 is 1.50. The third-order valence-corrected chi connectivity index (χ3v) is 6.07. The van der Waals surface area contributed by atoms with Crippen LogP contribution in [0.5, 0.6) is 5.75 Å². The molecule has 1 heterocycles. The van der Waals surface area contributed by atoms with Crippen molar-refractivity contribution in [1.29, 1.82) is 0 Å². The minimum absolute atomic E-state index is 0.0872. The van der Waals surface area contributed by atoms with Gasteiger partial charge in [0, 0.05) is 25.7 Å². The van der Waals surface area contributed by atoms with Gasteiger partial charge in [0.25, 0.3) is 0 Å². The summed E-state index contributed by atoms with van der Waals surface area (Å²) in [6.07, 6.45) is 5.99. The van der Waals surface area contributed by atoms with E-state index in [1.807, 2.05) is 31.2 Å². The van der Waals surface area contributed by atoms with Crippen molar-refractivity contribution in [1.82, 2.24) is 19.7 Å². The molecule has 146 valence electrons. The highest BCUT2D eigenvalue weighted by atomic mass is 32.2. The number of nitrogens with zero attached hydrogens (tertiary/aromatic N) is 4. The van der Waals surface area contributed by atoms with Gasteiger partial charge in [-0.15, -0.1) is 10.2 Å². The number of ether oxygens (including phenoxy) is 1. The molecule has 1 atom stereocenters. The Bertz CT molecular complexity index is 767. The van der Waals surface area contributed by atoms with Crippen LogP contribution in [0.1, 0.15) is 45.1 Å². The second-order valence-corrected chi connectivity index (χ2v) is 8.50. The number of amides is 1. The molecule has 1 aromatic carbocycles. The number of hydrogen-bond donors (Lipinski definition) is 0. The number of benzene rings is 1. The zero-order valence-corrected chi connectivity index (χ0v) is 17.3. The molecule has 6 nitrogen and oxygen atoms in total. The van der Waals surface area contributed by atoms with Gasteiger partial charge in [0.1, 0.15) is 5.75 Å². The van der Waals surface area contributed by atoms with E-state index in [0.29, 0.717) is 6.04 Å². The molecular weight excluding hydrogens is 360 g/mol. The summed E-state index contributed by atoms with van der Waals surface area (Å²) in [6, 6.07) is 8.31. The second kappa shape index (κ2) is 8.78. The molecule has 7 heteroatoms. The smallest absolute Gasteiger partial charge is 0.235 e. The lowest BCUT2D eigenvalue weighted by molar-refractivity contribution is -0.127. The molecule has 0 spiro atoms. The molecule has 1 aliphatic rings. The Kier molecular flexibility index (Phi) is 6.42. The molecule has 1 fully saturated rings. The van der Waals surface area contributed by atoms with Crippen LogP contribution in [0.25, 0.3) is 11.4 Å². The van der Waals surface area contributed by atoms with Gasteiger partial charge >= 0.3 is 0 Å². The molecule has 1 amide bonds. The Morgan fingerprint density at radius 3 is 2.44 bits per heavy atom. The van der Waals surface area contributed by atoms with Crippen LogP contribution in [-0.2, 0) is 4.79 Å². The highest BCUT2D eigenvalue weighted by Gasteiger charge is 2.26. The average Bonchev–Trinajstić information content (AvgIpc) is 3.11. The molecule has 1 aliphatic carbocycles. The van der Waals surface area contributed by atoms with Crippen molar-refractivity contribution in [2.24, 2.45) is 0 Å². The van der Waals surface area contributed by atoms with Crippen LogP contribution in [0.2, 0.25) is 0 Å². The first-order valence-corrected chi connectivity index (χ1v) is 10.4. The monoisotopic (exact) mass is 388 g/mol. The van der Waals surface area contributed by atoms with E-state index < -0.39 is 0 Å². The zero-order chi connectivity index (χ0) is 19.4. The zero-order valence-electron chi connectivity index (χ0n) is 16.5. The van der Waals surface area contributed by atoms with Gasteiger partial charge < -0.3 is 9.64 Å². The van der Waals surface area contributed by atoms with E-state index in [0.717, 1.165) is 35.1 Å². The largest absolute Gasteiger partial charge is 0.497 e. The molecule has 1 unspecified atom stereocenters. The van der Waals surface area contributed by atoms with Crippen LogP contribution >= 0.6 is 11.8 Å². The van der Waals surface area contributed by atoms with Crippen LogP contribution in [0.4, 0.5) is 0 Å². The Morgan fingerprint density at radius 1 is 1.19 bits per heavy atom. The average molecular weight is 389 g/mol. The van der Waals surface area contributed by atoms with Crippen molar-refractivity contribution in [2.75, 3.05) is 21.2 Å². The number of carbonyl (C=O) groups is 1. The molecule has 0 aliphatic heterocycles. The highest BCUT2D eigenvalue weighted by molar-refractivity contribution is 8.00. The van der Waals surface area contributed by atoms with Gasteiger partial charge in [-0.05, 0) is 44.0 Å².